The van der Waals surface area contributed by atoms with Gasteiger partial charge in [-0.05, 0) is 30.1 Å². The van der Waals surface area contributed by atoms with Crippen molar-refractivity contribution in [1.82, 2.24) is 9.80 Å². The molecule has 0 N–H and O–H groups in total. The van der Waals surface area contributed by atoms with E-state index in [4.69, 9.17) is 0 Å². The molecule has 0 aliphatic carbocycles. The van der Waals surface area contributed by atoms with E-state index < -0.39 is 0 Å². The lowest BCUT2D eigenvalue weighted by atomic mass is 10.1. The molecule has 0 radical (unpaired) electrons. The van der Waals surface area contributed by atoms with Crippen molar-refractivity contribution in [1.29, 1.82) is 0 Å². The van der Waals surface area contributed by atoms with Crippen molar-refractivity contribution < 1.29 is 4.79 Å². The molecule has 112 valence electrons. The molecule has 1 amide bonds. The first kappa shape index (κ1) is 16.8. The second-order valence-corrected chi connectivity index (χ2v) is 8.01. The smallest absolute Gasteiger partial charge is 0.232 e. The number of amides is 1. The number of likely N-dealkylation sites (tertiary alicyclic amines) is 1. The minimum Gasteiger partial charge on any atom is -0.345 e. The summed E-state index contributed by atoms with van der Waals surface area (Å²) in [6.07, 6.45) is 1.24. The highest BCUT2D eigenvalue weighted by atomic mass is 32.2. The first-order valence-electron chi connectivity index (χ1n) is 7.46. The van der Waals surface area contributed by atoms with Gasteiger partial charge in [-0.25, -0.2) is 0 Å². The highest BCUT2D eigenvalue weighted by molar-refractivity contribution is 8.00. The summed E-state index contributed by atoms with van der Waals surface area (Å²) in [4.78, 5) is 16.5. The van der Waals surface area contributed by atoms with Crippen LogP contribution in [0.3, 0.4) is 0 Å². The highest BCUT2D eigenvalue weighted by Gasteiger charge is 2.25. The number of hydrogen-bond donors (Lipinski definition) is 0. The van der Waals surface area contributed by atoms with Crippen LogP contribution in [-0.4, -0.2) is 59.9 Å². The molecular weight excluding hydrogens is 256 g/mol. The maximum absolute atomic E-state index is 12.0. The van der Waals surface area contributed by atoms with E-state index in [1.54, 1.807) is 11.8 Å². The SMILES string of the molecule is CC(C)CN1CCC(CN(C)C(=O)CSC(C)C)C1. The van der Waals surface area contributed by atoms with Gasteiger partial charge in [-0.2, -0.15) is 0 Å². The molecule has 0 bridgehead atoms. The van der Waals surface area contributed by atoms with Crippen LogP contribution in [0.15, 0.2) is 0 Å². The van der Waals surface area contributed by atoms with Crippen LogP contribution in [0.2, 0.25) is 0 Å². The maximum atomic E-state index is 12.0. The molecule has 4 heteroatoms. The third kappa shape index (κ3) is 6.66. The summed E-state index contributed by atoms with van der Waals surface area (Å²) in [6.45, 7) is 13.3. The van der Waals surface area contributed by atoms with Crippen molar-refractivity contribution in [3.8, 4) is 0 Å². The first-order chi connectivity index (χ1) is 8.88. The van der Waals surface area contributed by atoms with Gasteiger partial charge in [0.2, 0.25) is 5.91 Å². The van der Waals surface area contributed by atoms with Crippen LogP contribution in [0.1, 0.15) is 34.1 Å². The van der Waals surface area contributed by atoms with Gasteiger partial charge in [0.1, 0.15) is 0 Å². The summed E-state index contributed by atoms with van der Waals surface area (Å²) in [5.41, 5.74) is 0. The number of carbonyl (C=O) groups is 1. The van der Waals surface area contributed by atoms with E-state index in [0.29, 0.717) is 16.9 Å². The minimum atomic E-state index is 0.279. The summed E-state index contributed by atoms with van der Waals surface area (Å²) >= 11 is 1.73. The standard InChI is InChI=1S/C15H30N2OS/c1-12(2)8-17-7-6-14(10-17)9-16(5)15(18)11-19-13(3)4/h12-14H,6-11H2,1-5H3. The van der Waals surface area contributed by atoms with Crippen LogP contribution in [0.5, 0.6) is 0 Å². The lowest BCUT2D eigenvalue weighted by Crippen LogP contribution is -2.34. The molecule has 0 saturated carbocycles. The molecule has 0 aromatic heterocycles. The summed E-state index contributed by atoms with van der Waals surface area (Å²) in [5.74, 6) is 2.30. The Bertz CT molecular complexity index is 281. The number of carbonyl (C=O) groups excluding carboxylic acids is 1. The molecular formula is C15H30N2OS. The van der Waals surface area contributed by atoms with Crippen molar-refractivity contribution in [2.75, 3.05) is 39.0 Å². The zero-order chi connectivity index (χ0) is 14.4. The molecule has 0 spiro atoms. The molecule has 1 heterocycles. The fourth-order valence-corrected chi connectivity index (χ4v) is 3.28. The summed E-state index contributed by atoms with van der Waals surface area (Å²) in [7, 11) is 1.95. The van der Waals surface area contributed by atoms with Crippen molar-refractivity contribution in [3.63, 3.8) is 0 Å². The monoisotopic (exact) mass is 286 g/mol. The van der Waals surface area contributed by atoms with Crippen LogP contribution in [0.4, 0.5) is 0 Å². The molecule has 1 atom stereocenters. The van der Waals surface area contributed by atoms with Gasteiger partial charge < -0.3 is 9.80 Å². The van der Waals surface area contributed by atoms with Gasteiger partial charge in [0, 0.05) is 26.7 Å². The molecule has 1 aliphatic rings. The third-order valence-electron chi connectivity index (χ3n) is 3.49. The third-order valence-corrected chi connectivity index (χ3v) is 4.57. The Morgan fingerprint density at radius 1 is 1.37 bits per heavy atom. The van der Waals surface area contributed by atoms with E-state index >= 15 is 0 Å². The molecule has 1 rings (SSSR count). The number of nitrogens with zero attached hydrogens (tertiary/aromatic N) is 2. The molecule has 19 heavy (non-hydrogen) atoms. The minimum absolute atomic E-state index is 0.279. The van der Waals surface area contributed by atoms with Crippen LogP contribution in [0, 0.1) is 11.8 Å². The molecule has 1 saturated heterocycles. The van der Waals surface area contributed by atoms with E-state index in [0.717, 1.165) is 19.0 Å². The second-order valence-electron chi connectivity index (χ2n) is 6.44. The zero-order valence-corrected chi connectivity index (χ0v) is 14.0. The van der Waals surface area contributed by atoms with Crippen molar-refractivity contribution in [2.45, 2.75) is 39.4 Å². The predicted molar refractivity (Wildman–Crippen MR) is 84.6 cm³/mol. The Morgan fingerprint density at radius 3 is 2.63 bits per heavy atom. The lowest BCUT2D eigenvalue weighted by Gasteiger charge is -2.22. The van der Waals surface area contributed by atoms with Gasteiger partial charge in [-0.3, -0.25) is 4.79 Å². The second kappa shape index (κ2) is 8.15. The van der Waals surface area contributed by atoms with E-state index in [2.05, 4.69) is 32.6 Å². The van der Waals surface area contributed by atoms with Crippen molar-refractivity contribution >= 4 is 17.7 Å². The average Bonchev–Trinajstić information content (AvgIpc) is 2.72. The van der Waals surface area contributed by atoms with Gasteiger partial charge in [0.25, 0.3) is 0 Å². The van der Waals surface area contributed by atoms with Crippen LogP contribution in [0.25, 0.3) is 0 Å². The van der Waals surface area contributed by atoms with Gasteiger partial charge in [0.15, 0.2) is 0 Å². The molecule has 1 unspecified atom stereocenters. The van der Waals surface area contributed by atoms with Crippen LogP contribution >= 0.6 is 11.8 Å². The molecule has 3 nitrogen and oxygen atoms in total. The fourth-order valence-electron chi connectivity index (χ4n) is 2.58. The van der Waals surface area contributed by atoms with Crippen molar-refractivity contribution in [2.24, 2.45) is 11.8 Å². The fraction of sp³-hybridized carbons (Fsp3) is 0.933. The number of hydrogen-bond acceptors (Lipinski definition) is 3. The van der Waals surface area contributed by atoms with Crippen LogP contribution in [-0.2, 0) is 4.79 Å². The van der Waals surface area contributed by atoms with Crippen molar-refractivity contribution in [3.05, 3.63) is 0 Å². The Labute approximate surface area is 123 Å². The van der Waals surface area contributed by atoms with Gasteiger partial charge in [-0.1, -0.05) is 27.7 Å². The van der Waals surface area contributed by atoms with Crippen LogP contribution < -0.4 is 0 Å². The Balaban J connectivity index is 2.25. The predicted octanol–water partition coefficient (Wildman–Crippen LogP) is 2.56. The van der Waals surface area contributed by atoms with Gasteiger partial charge in [0.05, 0.1) is 5.75 Å². The lowest BCUT2D eigenvalue weighted by molar-refractivity contribution is -0.127. The normalized spacial score (nSPS) is 20.5. The number of rotatable bonds is 7. The quantitative estimate of drug-likeness (QED) is 0.718. The maximum Gasteiger partial charge on any atom is 0.232 e. The Hall–Kier alpha value is -0.220. The van der Waals surface area contributed by atoms with E-state index in [1.165, 1.54) is 19.5 Å². The first-order valence-corrected chi connectivity index (χ1v) is 8.51. The highest BCUT2D eigenvalue weighted by Crippen LogP contribution is 2.19. The Kier molecular flexibility index (Phi) is 7.22. The molecule has 1 fully saturated rings. The van der Waals surface area contributed by atoms with Gasteiger partial charge in [-0.15, -0.1) is 11.8 Å². The van der Waals surface area contributed by atoms with Gasteiger partial charge >= 0.3 is 0 Å². The molecule has 0 aromatic rings. The largest absolute Gasteiger partial charge is 0.345 e. The molecule has 0 aromatic carbocycles. The zero-order valence-electron chi connectivity index (χ0n) is 13.2. The average molecular weight is 286 g/mol. The molecule has 1 aliphatic heterocycles. The van der Waals surface area contributed by atoms with E-state index in [9.17, 15) is 4.79 Å². The summed E-state index contributed by atoms with van der Waals surface area (Å²) < 4.78 is 0. The van der Waals surface area contributed by atoms with E-state index in [-0.39, 0.29) is 5.91 Å². The summed E-state index contributed by atoms with van der Waals surface area (Å²) in [6, 6.07) is 0. The topological polar surface area (TPSA) is 23.6 Å². The van der Waals surface area contributed by atoms with E-state index in [1.807, 2.05) is 11.9 Å². The number of thioether (sulfide) groups is 1. The Morgan fingerprint density at radius 2 is 2.05 bits per heavy atom. The summed E-state index contributed by atoms with van der Waals surface area (Å²) in [5, 5.41) is 0.533.